The molecule has 0 fully saturated rings. The van der Waals surface area contributed by atoms with E-state index in [4.69, 9.17) is 0 Å². The second-order valence-electron chi connectivity index (χ2n) is 4.09. The maximum atomic E-state index is 12.5. The molecule has 0 atom stereocenters. The number of aromatic amines is 1. The Bertz CT molecular complexity index is 568. The zero-order valence-corrected chi connectivity index (χ0v) is 11.1. The van der Waals surface area contributed by atoms with Crippen LogP contribution in [0.1, 0.15) is 16.8 Å². The van der Waals surface area contributed by atoms with Crippen molar-refractivity contribution in [1.82, 2.24) is 9.88 Å². The Morgan fingerprint density at radius 1 is 1.38 bits per heavy atom. The van der Waals surface area contributed by atoms with Crippen molar-refractivity contribution >= 4 is 11.9 Å². The standard InChI is InChI=1S/C12H13F3N2O4/c1-21-10(19)3-5-17(7-12(13,14)15)11(20)8-6-16-4-2-9(8)18/h2,4,6H,3,5,7H2,1H3,(H,16,18). The normalized spacial score (nSPS) is 11.0. The number of hydrogen-bond acceptors (Lipinski definition) is 4. The van der Waals surface area contributed by atoms with Crippen LogP contribution in [0.4, 0.5) is 13.2 Å². The fourth-order valence-electron chi connectivity index (χ4n) is 1.55. The van der Waals surface area contributed by atoms with E-state index >= 15 is 0 Å². The first kappa shape index (κ1) is 16.7. The Morgan fingerprint density at radius 3 is 2.57 bits per heavy atom. The van der Waals surface area contributed by atoms with Gasteiger partial charge in [-0.25, -0.2) is 0 Å². The van der Waals surface area contributed by atoms with Crippen LogP contribution in [0.3, 0.4) is 0 Å². The molecule has 1 aromatic heterocycles. The Morgan fingerprint density at radius 2 is 2.05 bits per heavy atom. The Hall–Kier alpha value is -2.32. The number of methoxy groups -OCH3 is 1. The third kappa shape index (κ3) is 5.28. The van der Waals surface area contributed by atoms with E-state index < -0.39 is 48.6 Å². The average molecular weight is 306 g/mol. The summed E-state index contributed by atoms with van der Waals surface area (Å²) in [6, 6.07) is 1.03. The molecule has 0 radical (unpaired) electrons. The van der Waals surface area contributed by atoms with E-state index in [0.29, 0.717) is 4.90 Å². The highest BCUT2D eigenvalue weighted by molar-refractivity contribution is 5.94. The summed E-state index contributed by atoms with van der Waals surface area (Å²) in [6.45, 7) is -2.06. The van der Waals surface area contributed by atoms with Gasteiger partial charge in [-0.1, -0.05) is 0 Å². The molecule has 0 aromatic carbocycles. The summed E-state index contributed by atoms with van der Waals surface area (Å²) in [7, 11) is 1.08. The van der Waals surface area contributed by atoms with Crippen LogP contribution in [0.15, 0.2) is 23.3 Å². The molecule has 1 rings (SSSR count). The van der Waals surface area contributed by atoms with Crippen molar-refractivity contribution in [3.8, 4) is 0 Å². The third-order valence-electron chi connectivity index (χ3n) is 2.53. The van der Waals surface area contributed by atoms with Crippen LogP contribution in [-0.2, 0) is 9.53 Å². The number of amides is 1. The SMILES string of the molecule is COC(=O)CCN(CC(F)(F)F)C(=O)c1c[nH]ccc1=O. The molecule has 0 aliphatic carbocycles. The number of carbonyl (C=O) groups excluding carboxylic acids is 2. The number of esters is 1. The minimum absolute atomic E-state index is 0.390. The molecule has 21 heavy (non-hydrogen) atoms. The second kappa shape index (κ2) is 6.91. The summed E-state index contributed by atoms with van der Waals surface area (Å²) < 4.78 is 41.8. The molecule has 116 valence electrons. The van der Waals surface area contributed by atoms with Crippen LogP contribution in [0.2, 0.25) is 0 Å². The third-order valence-corrected chi connectivity index (χ3v) is 2.53. The minimum atomic E-state index is -4.65. The lowest BCUT2D eigenvalue weighted by Gasteiger charge is -2.23. The van der Waals surface area contributed by atoms with Gasteiger partial charge >= 0.3 is 12.1 Å². The molecular formula is C12H13F3N2O4. The van der Waals surface area contributed by atoms with Gasteiger partial charge in [0.15, 0.2) is 5.43 Å². The minimum Gasteiger partial charge on any atom is -0.469 e. The zero-order chi connectivity index (χ0) is 16.0. The van der Waals surface area contributed by atoms with Crippen LogP contribution in [0, 0.1) is 0 Å². The second-order valence-corrected chi connectivity index (χ2v) is 4.09. The van der Waals surface area contributed by atoms with E-state index in [1.165, 1.54) is 6.20 Å². The number of ether oxygens (including phenoxy) is 1. The Kier molecular flexibility index (Phi) is 5.51. The van der Waals surface area contributed by atoms with Crippen LogP contribution < -0.4 is 5.43 Å². The van der Waals surface area contributed by atoms with E-state index in [2.05, 4.69) is 9.72 Å². The number of aromatic nitrogens is 1. The maximum absolute atomic E-state index is 12.5. The number of pyridine rings is 1. The first-order chi connectivity index (χ1) is 9.74. The summed E-state index contributed by atoms with van der Waals surface area (Å²) in [5, 5.41) is 0. The molecule has 0 saturated heterocycles. The van der Waals surface area contributed by atoms with Crippen LogP contribution >= 0.6 is 0 Å². The fourth-order valence-corrected chi connectivity index (χ4v) is 1.55. The first-order valence-corrected chi connectivity index (χ1v) is 5.84. The van der Waals surface area contributed by atoms with Crippen LogP contribution in [0.25, 0.3) is 0 Å². The highest BCUT2D eigenvalue weighted by Gasteiger charge is 2.34. The van der Waals surface area contributed by atoms with Crippen molar-refractivity contribution < 1.29 is 27.5 Å². The number of H-pyrrole nitrogens is 1. The van der Waals surface area contributed by atoms with Gasteiger partial charge < -0.3 is 14.6 Å². The number of hydrogen-bond donors (Lipinski definition) is 1. The number of carbonyl (C=O) groups is 2. The van der Waals surface area contributed by atoms with E-state index in [1.807, 2.05) is 0 Å². The topological polar surface area (TPSA) is 79.5 Å². The van der Waals surface area contributed by atoms with Gasteiger partial charge in [-0.3, -0.25) is 14.4 Å². The summed E-state index contributed by atoms with van der Waals surface area (Å²) >= 11 is 0. The lowest BCUT2D eigenvalue weighted by molar-refractivity contribution is -0.147. The highest BCUT2D eigenvalue weighted by atomic mass is 19.4. The summed E-state index contributed by atoms with van der Waals surface area (Å²) in [5.41, 5.74) is -1.13. The lowest BCUT2D eigenvalue weighted by Crippen LogP contribution is -2.41. The number of nitrogens with zero attached hydrogens (tertiary/aromatic N) is 1. The number of rotatable bonds is 5. The van der Waals surface area contributed by atoms with Gasteiger partial charge in [0.05, 0.1) is 13.5 Å². The average Bonchev–Trinajstić information content (AvgIpc) is 2.41. The Balaban J connectivity index is 2.95. The van der Waals surface area contributed by atoms with E-state index in [1.54, 1.807) is 0 Å². The molecule has 1 heterocycles. The zero-order valence-electron chi connectivity index (χ0n) is 11.1. The van der Waals surface area contributed by atoms with E-state index in [0.717, 1.165) is 19.4 Å². The molecule has 1 aromatic rings. The predicted molar refractivity (Wildman–Crippen MR) is 65.7 cm³/mol. The molecule has 1 amide bonds. The van der Waals surface area contributed by atoms with Crippen molar-refractivity contribution in [2.24, 2.45) is 0 Å². The van der Waals surface area contributed by atoms with Gasteiger partial charge in [0.1, 0.15) is 12.1 Å². The van der Waals surface area contributed by atoms with Gasteiger partial charge in [0.2, 0.25) is 0 Å². The van der Waals surface area contributed by atoms with Gasteiger partial charge in [0, 0.05) is 25.0 Å². The Labute approximate surface area is 117 Å². The predicted octanol–water partition coefficient (Wildman–Crippen LogP) is 0.942. The molecular weight excluding hydrogens is 293 g/mol. The summed E-state index contributed by atoms with van der Waals surface area (Å²) in [5.74, 6) is -1.85. The molecule has 1 N–H and O–H groups in total. The summed E-state index contributed by atoms with van der Waals surface area (Å²) in [4.78, 5) is 37.3. The lowest BCUT2D eigenvalue weighted by atomic mass is 10.2. The molecule has 6 nitrogen and oxygen atoms in total. The molecule has 0 spiro atoms. The molecule has 0 aliphatic heterocycles. The highest BCUT2D eigenvalue weighted by Crippen LogP contribution is 2.17. The fraction of sp³-hybridized carbons (Fsp3) is 0.417. The quantitative estimate of drug-likeness (QED) is 0.821. The molecule has 9 heteroatoms. The molecule has 0 bridgehead atoms. The van der Waals surface area contributed by atoms with Gasteiger partial charge in [-0.2, -0.15) is 13.2 Å². The van der Waals surface area contributed by atoms with Crippen molar-refractivity contribution in [1.29, 1.82) is 0 Å². The number of halogens is 3. The maximum Gasteiger partial charge on any atom is 0.406 e. The number of alkyl halides is 3. The van der Waals surface area contributed by atoms with Crippen LogP contribution in [0.5, 0.6) is 0 Å². The molecule has 0 unspecified atom stereocenters. The van der Waals surface area contributed by atoms with Gasteiger partial charge in [-0.15, -0.1) is 0 Å². The smallest absolute Gasteiger partial charge is 0.406 e. The monoisotopic (exact) mass is 306 g/mol. The van der Waals surface area contributed by atoms with Crippen molar-refractivity contribution in [3.05, 3.63) is 34.2 Å². The van der Waals surface area contributed by atoms with E-state index in [-0.39, 0.29) is 0 Å². The molecule has 0 saturated carbocycles. The largest absolute Gasteiger partial charge is 0.469 e. The van der Waals surface area contributed by atoms with E-state index in [9.17, 15) is 27.6 Å². The van der Waals surface area contributed by atoms with Crippen LogP contribution in [-0.4, -0.2) is 48.1 Å². The van der Waals surface area contributed by atoms with Crippen molar-refractivity contribution in [2.45, 2.75) is 12.6 Å². The number of nitrogens with one attached hydrogen (secondary N) is 1. The van der Waals surface area contributed by atoms with Gasteiger partial charge in [-0.05, 0) is 0 Å². The first-order valence-electron chi connectivity index (χ1n) is 5.84. The molecule has 0 aliphatic rings. The summed E-state index contributed by atoms with van der Waals surface area (Å²) in [6.07, 6.45) is -2.77. The van der Waals surface area contributed by atoms with Crippen molar-refractivity contribution in [2.75, 3.05) is 20.2 Å². The van der Waals surface area contributed by atoms with Crippen molar-refractivity contribution in [3.63, 3.8) is 0 Å². The van der Waals surface area contributed by atoms with Gasteiger partial charge in [0.25, 0.3) is 5.91 Å².